The number of ether oxygens (including phenoxy) is 16. The van der Waals surface area contributed by atoms with Crippen LogP contribution in [-0.2, 0) is 168 Å². The maximum atomic E-state index is 9.95. The molecule has 0 spiro atoms. The van der Waals surface area contributed by atoms with Gasteiger partial charge in [-0.3, -0.25) is 0 Å². The molecule has 0 aliphatic heterocycles. The summed E-state index contributed by atoms with van der Waals surface area (Å²) in [5.74, 6) is -8.16. The van der Waals surface area contributed by atoms with E-state index >= 15 is 0 Å². The zero-order chi connectivity index (χ0) is 79.7. The molecule has 35 nitrogen and oxygen atoms in total. The first-order valence-electron chi connectivity index (χ1n) is 31.3. The second-order valence-electron chi connectivity index (χ2n) is 19.7. The van der Waals surface area contributed by atoms with Crippen LogP contribution in [0.5, 0.6) is 0 Å². The summed E-state index contributed by atoms with van der Waals surface area (Å²) in [6.07, 6.45) is 14.4. The van der Waals surface area contributed by atoms with E-state index < -0.39 is 80.7 Å². The summed E-state index contributed by atoms with van der Waals surface area (Å²) in [5.41, 5.74) is 22.2. The van der Waals surface area contributed by atoms with Crippen LogP contribution in [0.2, 0.25) is 0 Å². The van der Waals surface area contributed by atoms with Gasteiger partial charge in [0.25, 0.3) is 0 Å². The summed E-state index contributed by atoms with van der Waals surface area (Å²) in [4.78, 5) is 77.6. The third-order valence-electron chi connectivity index (χ3n) is 11.3. The number of aliphatic carboxylic acids is 8. The van der Waals surface area contributed by atoms with E-state index in [0.717, 1.165) is 19.3 Å². The topological polar surface area (TPSA) is 517 Å². The normalized spacial score (nSPS) is 16.5. The summed E-state index contributed by atoms with van der Waals surface area (Å²) in [5, 5.41) is 63.6. The van der Waals surface area contributed by atoms with Crippen LogP contribution < -0.4 is 0 Å². The molecule has 6 atom stereocenters. The van der Waals surface area contributed by atoms with Crippen molar-refractivity contribution >= 4 is 85.4 Å². The molecule has 0 heterocycles. The Balaban J connectivity index is -0.000000116. The molecule has 0 unspecified atom stereocenters. The smallest absolute Gasteiger partial charge is 2.00 e. The first kappa shape index (κ1) is 122. The van der Waals surface area contributed by atoms with Gasteiger partial charge in [-0.1, -0.05) is 77.0 Å². The average Bonchev–Trinajstić information content (AvgIpc) is 1.07. The molecule has 0 amide bonds. The van der Waals surface area contributed by atoms with Crippen molar-refractivity contribution in [3.63, 3.8) is 0 Å². The van der Waals surface area contributed by atoms with Crippen LogP contribution in [-0.4, -0.2) is 321 Å². The maximum absolute atomic E-state index is 9.95. The number of hydrogen-bond acceptors (Lipinski definition) is 24. The van der Waals surface area contributed by atoms with Crippen LogP contribution in [0.1, 0.15) is 77.0 Å². The van der Waals surface area contributed by atoms with Gasteiger partial charge in [0.15, 0.2) is 0 Å². The SMILES string of the molecule is COCCOCC(=O)O.COCCOCC(=O)O.COCCOCCOCC(=O)O.COCCOCCOCC(=O)O.COCCOCCOCC(=O)O.COCCOCCOCC(=O)O.O=C(O)C(=O)O.[CH2-][C@@H]1CCCC[C@H]1[NH-].[CH2-][C@@H]1CCCC[C@H]1[NH-].[CH2-][C@@H]1CCCC[C@H]1[NH-].[Cl][Pt+2][Cl].[Cl][Pt+2][Cl].[Pt+2]. The van der Waals surface area contributed by atoms with Crippen LogP contribution in [0.3, 0.4) is 0 Å². The number of halogens is 4. The third kappa shape index (κ3) is 140. The standard InChI is InChI=1S/3C7H13N.4C7H14O5.2C5H10O4.C2H2O4.4ClH.3Pt/c3*1-6-4-2-3-5-7(6)8;4*1-10-2-3-11-4-5-12-6-7(8)9;2*1-8-2-3-9-4-5(6)7;3-1(4)2(5)6;;;;;;;/h3*6-8H,1-5H2;4*2-6H2,1H3,(H,8,9);2*2-4H2,1H3,(H,6,7);(H,3,4)(H,5,6);4*1H;;;/q3*-2;;;;;;;;;;;;+2;2*+4/p-4/t3*6-,7-;;;;;;;;;;;;;;/m111............../s1. The predicted octanol–water partition coefficient (Wildman–Crippen LogP) is 7.67. The number of carboxylic acid groups (broad SMARTS) is 8. The average molecular weight is 2130 g/mol. The largest absolute Gasteiger partial charge is 2.00 e. The second kappa shape index (κ2) is 107. The van der Waals surface area contributed by atoms with Crippen molar-refractivity contribution < 1.29 is 209 Å². The van der Waals surface area contributed by atoms with Crippen LogP contribution in [0, 0.1) is 38.5 Å². The van der Waals surface area contributed by atoms with E-state index in [1.54, 1.807) is 28.4 Å². The number of hydrogen-bond donors (Lipinski definition) is 8. The molecule has 0 bridgehead atoms. The molecule has 3 fully saturated rings. The molecule has 42 heteroatoms. The van der Waals surface area contributed by atoms with Crippen molar-refractivity contribution in [2.75, 3.05) is 214 Å². The fourth-order valence-corrected chi connectivity index (χ4v) is 6.31. The van der Waals surface area contributed by atoms with Gasteiger partial charge in [0, 0.05) is 42.7 Å². The van der Waals surface area contributed by atoms with Crippen molar-refractivity contribution in [3.05, 3.63) is 38.0 Å². The van der Waals surface area contributed by atoms with E-state index in [1.807, 2.05) is 0 Å². The minimum Gasteiger partial charge on any atom is 2.00 e. The van der Waals surface area contributed by atoms with E-state index in [9.17, 15) is 28.8 Å². The van der Waals surface area contributed by atoms with E-state index in [0.29, 0.717) is 150 Å². The number of nitrogens with one attached hydrogen (secondary N) is 3. The number of carbonyl (C=O) groups is 8. The summed E-state index contributed by atoms with van der Waals surface area (Å²) in [6, 6.07) is 0.427. The van der Waals surface area contributed by atoms with Crippen molar-refractivity contribution in [2.45, 2.75) is 95.2 Å². The molecular formula is C61H117Cl4N3O32Pt3. The Hall–Kier alpha value is -1.78. The predicted molar refractivity (Wildman–Crippen MR) is 370 cm³/mol. The molecule has 0 aromatic carbocycles. The van der Waals surface area contributed by atoms with Gasteiger partial charge in [-0.15, -0.1) is 0 Å². The maximum Gasteiger partial charge on any atom is 2.00 e. The fraction of sp³-hybridized carbons (Fsp3) is 0.820. The Kier molecular flexibility index (Phi) is 126. The molecule has 0 aromatic heterocycles. The zero-order valence-corrected chi connectivity index (χ0v) is 69.6. The molecule has 3 aliphatic carbocycles. The molecule has 0 radical (unpaired) electrons. The van der Waals surface area contributed by atoms with Gasteiger partial charge < -0.3 is 155 Å². The molecule has 0 aromatic rings. The van der Waals surface area contributed by atoms with E-state index in [4.69, 9.17) is 162 Å². The minimum absolute atomic E-state index is 0. The first-order valence-corrected chi connectivity index (χ1v) is 42.5. The molecule has 11 N–H and O–H groups in total. The third-order valence-corrected chi connectivity index (χ3v) is 11.3. The summed E-state index contributed by atoms with van der Waals surface area (Å²) < 4.78 is 76.2. The Morgan fingerprint density at radius 3 is 0.524 bits per heavy atom. The van der Waals surface area contributed by atoms with Crippen molar-refractivity contribution in [2.24, 2.45) is 17.8 Å². The first-order chi connectivity index (χ1) is 48.5. The van der Waals surface area contributed by atoms with Crippen LogP contribution in [0.25, 0.3) is 17.2 Å². The van der Waals surface area contributed by atoms with Crippen molar-refractivity contribution in [1.82, 2.24) is 0 Å². The van der Waals surface area contributed by atoms with Gasteiger partial charge in [0.2, 0.25) is 0 Å². The quantitative estimate of drug-likeness (QED) is 0.0165. The van der Waals surface area contributed by atoms with Crippen LogP contribution in [0.15, 0.2) is 0 Å². The van der Waals surface area contributed by atoms with Crippen molar-refractivity contribution in [3.8, 4) is 0 Å². The van der Waals surface area contributed by atoms with Crippen molar-refractivity contribution in [1.29, 1.82) is 0 Å². The van der Waals surface area contributed by atoms with Gasteiger partial charge in [-0.2, -0.15) is 35.9 Å². The van der Waals surface area contributed by atoms with Crippen LogP contribution >= 0.6 is 37.7 Å². The number of carboxylic acids is 8. The molecule has 3 saturated carbocycles. The van der Waals surface area contributed by atoms with E-state index in [1.165, 1.54) is 72.0 Å². The Bertz CT molecular complexity index is 1580. The Morgan fingerprint density at radius 2 is 0.417 bits per heavy atom. The van der Waals surface area contributed by atoms with E-state index in [2.05, 4.69) is 39.7 Å². The van der Waals surface area contributed by atoms with Gasteiger partial charge in [0.05, 0.1) is 132 Å². The van der Waals surface area contributed by atoms with E-state index in [-0.39, 0.29) is 78.8 Å². The van der Waals surface area contributed by atoms with Gasteiger partial charge in [-0.25, -0.2) is 38.4 Å². The molecule has 626 valence electrons. The number of methoxy groups -OCH3 is 6. The molecule has 103 heavy (non-hydrogen) atoms. The summed E-state index contributed by atoms with van der Waals surface area (Å²) in [6.45, 7) is 18.6. The number of rotatable bonds is 42. The Morgan fingerprint density at radius 1 is 0.291 bits per heavy atom. The van der Waals surface area contributed by atoms with Gasteiger partial charge in [-0.05, 0) is 0 Å². The van der Waals surface area contributed by atoms with Gasteiger partial charge >= 0.3 is 139 Å². The summed E-state index contributed by atoms with van der Waals surface area (Å²) in [7, 11) is 28.9. The second-order valence-corrected chi connectivity index (χ2v) is 26.3. The molecular weight excluding hydrogens is 2010 g/mol. The Labute approximate surface area is 655 Å². The van der Waals surface area contributed by atoms with Crippen LogP contribution in [0.4, 0.5) is 0 Å². The zero-order valence-electron chi connectivity index (χ0n) is 59.8. The molecule has 3 rings (SSSR count). The monoisotopic (exact) mass is 2130 g/mol. The van der Waals surface area contributed by atoms with Gasteiger partial charge in [0.1, 0.15) is 39.6 Å². The fourth-order valence-electron chi connectivity index (χ4n) is 6.31. The summed E-state index contributed by atoms with van der Waals surface area (Å²) >= 11 is -0.944. The molecule has 3 aliphatic rings. The molecule has 0 saturated heterocycles. The minimum atomic E-state index is -1.82.